The number of rotatable bonds is 32. The van der Waals surface area contributed by atoms with Crippen molar-refractivity contribution in [2.45, 2.75) is 0 Å². The molecule has 0 aliphatic heterocycles. The molecule has 129 heavy (non-hydrogen) atoms. The molecular formula is C96H104N16O13U4-10. The molecule has 0 aliphatic carbocycles. The van der Waals surface area contributed by atoms with Crippen molar-refractivity contribution in [1.29, 1.82) is 0 Å². The van der Waals surface area contributed by atoms with Crippen molar-refractivity contribution in [2.75, 3.05) is 133 Å². The summed E-state index contributed by atoms with van der Waals surface area (Å²) in [5, 5.41) is 92.2. The van der Waals surface area contributed by atoms with Gasteiger partial charge in [0.05, 0.1) is 52.4 Å². The van der Waals surface area contributed by atoms with Crippen LogP contribution in [0.3, 0.4) is 0 Å². The summed E-state index contributed by atoms with van der Waals surface area (Å²) in [6, 6.07) is 77.6. The van der Waals surface area contributed by atoms with Crippen LogP contribution in [0.4, 0.5) is 0 Å². The van der Waals surface area contributed by atoms with Crippen molar-refractivity contribution < 1.29 is 193 Å². The summed E-state index contributed by atoms with van der Waals surface area (Å²) >= 11 is 0. The molecule has 33 heteroatoms. The molecule has 4 heterocycles. The Balaban J connectivity index is -0.000000474. The van der Waals surface area contributed by atoms with Gasteiger partial charge in [0.25, 0.3) is 0 Å². The van der Waals surface area contributed by atoms with Crippen LogP contribution in [0.5, 0.6) is 46.0 Å². The van der Waals surface area contributed by atoms with E-state index in [1.54, 1.807) is 196 Å². The van der Waals surface area contributed by atoms with E-state index in [0.717, 1.165) is 52.4 Å². The fraction of sp³-hybridized carbons (Fsp3) is 0.208. The number of hydrogen-bond acceptors (Lipinski definition) is 24. The first-order valence-electron chi connectivity index (χ1n) is 38.9. The van der Waals surface area contributed by atoms with Crippen LogP contribution in [0.15, 0.2) is 356 Å². The summed E-state index contributed by atoms with van der Waals surface area (Å²) in [4.78, 5) is 57.9. The van der Waals surface area contributed by atoms with Gasteiger partial charge in [-0.25, -0.2) is 0 Å². The number of nitrogens with zero attached hydrogens (tertiary/aromatic N) is 16. The Bertz CT molecular complexity index is 3960. The van der Waals surface area contributed by atoms with Gasteiger partial charge in [-0.05, 0) is 121 Å². The first kappa shape index (κ1) is 127. The molecule has 0 atom stereocenters. The first-order chi connectivity index (χ1) is 58.7. The Morgan fingerprint density at radius 1 is 0.194 bits per heavy atom. The Hall–Kier alpha value is -10.0. The smallest absolute Gasteiger partial charge is 2.00 e. The zero-order valence-electron chi connectivity index (χ0n) is 72.4. The predicted octanol–water partition coefficient (Wildman–Crippen LogP) is 8.95. The van der Waals surface area contributed by atoms with Crippen LogP contribution in [0, 0.1) is 124 Å². The number of aromatic nitrogens is 4. The van der Waals surface area contributed by atoms with E-state index >= 15 is 0 Å². The first-order valence-corrected chi connectivity index (χ1v) is 38.9. The van der Waals surface area contributed by atoms with Crippen molar-refractivity contribution >= 4 is 49.7 Å². The molecule has 0 saturated carbocycles. The SMILES string of the molecule is CN(CCN=Cc1ccccc1[O-])CCN=Cc1ccccc1[O-].CN(CCN=Cc1ccccc1[O-])CCN=Cc1ccccc1[O-].CN(CCN=Cc1ccccc1[O-])CCN=Cc1ccccc1[O-].CN(CCN=Cc1ccccc1[O-])CCN=Cc1ccccc1[O-].[O-2].[O-2].[O-2].[O-2].[O-2].[U+4].[U+4].[U].[U].c1ccncc1.c1ccncc1.c1ccncc1.c1ccncc1. The fourth-order valence-electron chi connectivity index (χ4n) is 9.53. The quantitative estimate of drug-likeness (QED) is 0.0355. The van der Waals surface area contributed by atoms with Crippen molar-refractivity contribution in [1.82, 2.24) is 39.5 Å². The minimum absolute atomic E-state index is 0. The van der Waals surface area contributed by atoms with Gasteiger partial charge in [-0.1, -0.05) is 218 Å². The maximum absolute atomic E-state index is 11.5. The van der Waals surface area contributed by atoms with Gasteiger partial charge in [-0.3, -0.25) is 59.9 Å². The van der Waals surface area contributed by atoms with E-state index in [2.05, 4.69) is 79.5 Å². The van der Waals surface area contributed by atoms with Gasteiger partial charge in [0.15, 0.2) is 0 Å². The molecule has 0 radical (unpaired) electrons. The van der Waals surface area contributed by atoms with Crippen LogP contribution in [0.25, 0.3) is 0 Å². The Kier molecular flexibility index (Phi) is 83.8. The number of para-hydroxylation sites is 8. The van der Waals surface area contributed by atoms with Crippen LogP contribution in [-0.2, 0) is 27.4 Å². The van der Waals surface area contributed by atoms with Gasteiger partial charge in [0.1, 0.15) is 0 Å². The molecule has 0 N–H and O–H groups in total. The van der Waals surface area contributed by atoms with E-state index in [1.807, 2.05) is 150 Å². The second-order valence-electron chi connectivity index (χ2n) is 25.9. The largest absolute Gasteiger partial charge is 4.00 e. The molecule has 8 aromatic carbocycles. The van der Waals surface area contributed by atoms with Crippen LogP contribution in [0.1, 0.15) is 44.5 Å². The molecule has 0 aliphatic rings. The van der Waals surface area contributed by atoms with E-state index in [1.165, 1.54) is 48.5 Å². The summed E-state index contributed by atoms with van der Waals surface area (Å²) in [5.41, 5.74) is 4.90. The number of pyridine rings is 4. The third-order valence-electron chi connectivity index (χ3n) is 16.3. The number of hydrogen-bond donors (Lipinski definition) is 0. The van der Waals surface area contributed by atoms with Crippen LogP contribution in [0.2, 0.25) is 0 Å². The molecule has 0 amide bonds. The molecule has 0 fully saturated rings. The van der Waals surface area contributed by atoms with Gasteiger partial charge in [-0.2, -0.15) is 0 Å². The Labute approximate surface area is 853 Å². The molecule has 672 valence electrons. The third kappa shape index (κ3) is 63.6. The summed E-state index contributed by atoms with van der Waals surface area (Å²) in [6.45, 7) is 11.2. The van der Waals surface area contributed by atoms with E-state index in [9.17, 15) is 40.9 Å². The Morgan fingerprint density at radius 2 is 0.302 bits per heavy atom. The van der Waals surface area contributed by atoms with E-state index < -0.39 is 0 Å². The van der Waals surface area contributed by atoms with E-state index in [-0.39, 0.29) is 198 Å². The minimum atomic E-state index is -0.0115. The van der Waals surface area contributed by atoms with Gasteiger partial charge in [-0.15, -0.1) is 46.0 Å². The summed E-state index contributed by atoms with van der Waals surface area (Å²) in [6.07, 6.45) is 27.0. The van der Waals surface area contributed by atoms with Gasteiger partial charge in [0, 0.05) is 214 Å². The average molecular weight is 2640 g/mol. The summed E-state index contributed by atoms with van der Waals surface area (Å²) in [5.74, 6) is -0.0919. The number of likely N-dealkylation sites (N-methyl/N-ethyl adjacent to an activating group) is 4. The van der Waals surface area contributed by atoms with Crippen molar-refractivity contribution in [2.24, 2.45) is 39.9 Å². The van der Waals surface area contributed by atoms with E-state index in [0.29, 0.717) is 96.9 Å². The third-order valence-corrected chi connectivity index (χ3v) is 16.3. The second kappa shape index (κ2) is 84.8. The summed E-state index contributed by atoms with van der Waals surface area (Å²) < 4.78 is 0. The molecule has 12 aromatic rings. The fourth-order valence-corrected chi connectivity index (χ4v) is 9.53. The van der Waals surface area contributed by atoms with Crippen molar-refractivity contribution in [3.05, 3.63) is 361 Å². The monoisotopic (exact) mass is 2640 g/mol. The van der Waals surface area contributed by atoms with Gasteiger partial charge in [0.2, 0.25) is 0 Å². The topological polar surface area (TPSA) is 490 Å². The molecule has 29 nitrogen and oxygen atoms in total. The molecule has 0 bridgehead atoms. The maximum Gasteiger partial charge on any atom is 4.00 e. The molecule has 0 unspecified atom stereocenters. The van der Waals surface area contributed by atoms with Crippen molar-refractivity contribution in [3.63, 3.8) is 0 Å². The summed E-state index contributed by atoms with van der Waals surface area (Å²) in [7, 11) is 7.98. The van der Waals surface area contributed by atoms with Gasteiger partial charge < -0.3 is 87.8 Å². The second-order valence-corrected chi connectivity index (χ2v) is 25.9. The molecule has 0 spiro atoms. The zero-order valence-corrected chi connectivity index (χ0v) is 89.1. The average Bonchev–Trinajstić information content (AvgIpc) is 0.941. The molecule has 12 rings (SSSR count). The molecule has 0 saturated heterocycles. The maximum atomic E-state index is 11.5. The molecule has 4 aromatic heterocycles. The van der Waals surface area contributed by atoms with E-state index in [4.69, 9.17) is 0 Å². The van der Waals surface area contributed by atoms with Gasteiger partial charge >= 0.3 is 62.2 Å². The Morgan fingerprint density at radius 3 is 0.388 bits per heavy atom. The normalized spacial score (nSPS) is 10.2. The van der Waals surface area contributed by atoms with Crippen LogP contribution >= 0.6 is 0 Å². The zero-order chi connectivity index (χ0) is 85.8. The number of benzene rings is 8. The standard InChI is InChI=1S/4C19H23N3O2.4C5H5N.5O.4U/c4*1-22(12-10-20-14-16-6-2-4-8-18(16)23)13-11-21-15-17-7-3-5-9-19(17)24;4*1-2-4-6-5-3-1;;;;;;;;;/h4*2-9,14-15,23-24H,10-13H2,1H3;4*1-5H;;;;;;;;;/q;;;;;;;;5*-2;;;2*+4/p-8. The predicted molar refractivity (Wildman–Crippen MR) is 477 cm³/mol. The minimum Gasteiger partial charge on any atom is -2.00 e. The van der Waals surface area contributed by atoms with Crippen LogP contribution in [-0.4, -0.2) is 222 Å². The van der Waals surface area contributed by atoms with Crippen LogP contribution < -0.4 is 40.9 Å². The van der Waals surface area contributed by atoms with Crippen molar-refractivity contribution in [3.8, 4) is 46.0 Å². The molecular weight excluding hydrogens is 2540 g/mol. The number of aliphatic imine (C=N–C) groups is 8.